The predicted octanol–water partition coefficient (Wildman–Crippen LogP) is 3.22. The molecule has 3 heteroatoms. The van der Waals surface area contributed by atoms with Gasteiger partial charge in [0.15, 0.2) is 0 Å². The first-order chi connectivity index (χ1) is 9.17. The molecule has 0 radical (unpaired) electrons. The van der Waals surface area contributed by atoms with Crippen LogP contribution in [-0.2, 0) is 4.79 Å². The molecule has 1 aliphatic rings. The molecule has 1 rings (SSSR count). The van der Waals surface area contributed by atoms with Gasteiger partial charge in [0.05, 0.1) is 12.0 Å². The molecule has 1 atom stereocenters. The van der Waals surface area contributed by atoms with Crippen molar-refractivity contribution in [1.29, 1.82) is 5.26 Å². The number of carbonyl (C=O) groups is 1. The number of likely N-dealkylation sites (tertiary alicyclic amines) is 1. The summed E-state index contributed by atoms with van der Waals surface area (Å²) in [6.45, 7) is 7.11. The summed E-state index contributed by atoms with van der Waals surface area (Å²) in [6.07, 6.45) is 10.9. The van der Waals surface area contributed by atoms with Crippen LogP contribution in [0.4, 0.5) is 0 Å². The highest BCUT2D eigenvalue weighted by molar-refractivity contribution is 5.77. The highest BCUT2D eigenvalue weighted by Crippen LogP contribution is 2.18. The molecule has 102 valence electrons. The van der Waals surface area contributed by atoms with Gasteiger partial charge in [-0.15, -0.1) is 6.58 Å². The van der Waals surface area contributed by atoms with Crippen LogP contribution >= 0.6 is 0 Å². The SMILES string of the molecule is C=CC/C=C\C=C(/C)CN1CCCC(C#N)CC1=O. The lowest BCUT2D eigenvalue weighted by Gasteiger charge is -2.20. The summed E-state index contributed by atoms with van der Waals surface area (Å²) >= 11 is 0. The van der Waals surface area contributed by atoms with Crippen molar-refractivity contribution in [3.63, 3.8) is 0 Å². The molecule has 0 bridgehead atoms. The molecule has 0 aromatic carbocycles. The van der Waals surface area contributed by atoms with Gasteiger partial charge in [0, 0.05) is 19.5 Å². The molecular formula is C16H22N2O. The lowest BCUT2D eigenvalue weighted by atomic mass is 10.0. The van der Waals surface area contributed by atoms with E-state index in [1.54, 1.807) is 0 Å². The third-order valence-corrected chi connectivity index (χ3v) is 3.20. The smallest absolute Gasteiger partial charge is 0.224 e. The van der Waals surface area contributed by atoms with E-state index in [0.29, 0.717) is 13.0 Å². The Morgan fingerprint density at radius 2 is 2.42 bits per heavy atom. The molecule has 0 N–H and O–H groups in total. The molecule has 1 fully saturated rings. The first-order valence-corrected chi connectivity index (χ1v) is 6.78. The second kappa shape index (κ2) is 8.31. The van der Waals surface area contributed by atoms with Gasteiger partial charge < -0.3 is 4.90 Å². The Kier molecular flexibility index (Phi) is 6.67. The second-order valence-electron chi connectivity index (χ2n) is 4.95. The minimum Gasteiger partial charge on any atom is -0.339 e. The Morgan fingerprint density at radius 1 is 1.63 bits per heavy atom. The molecule has 19 heavy (non-hydrogen) atoms. The molecule has 0 saturated carbocycles. The van der Waals surface area contributed by atoms with Crippen LogP contribution in [-0.4, -0.2) is 23.9 Å². The van der Waals surface area contributed by atoms with Crippen LogP contribution in [0.1, 0.15) is 32.6 Å². The van der Waals surface area contributed by atoms with E-state index in [1.807, 2.05) is 36.1 Å². The van der Waals surface area contributed by atoms with Gasteiger partial charge >= 0.3 is 0 Å². The quantitative estimate of drug-likeness (QED) is 0.561. The number of hydrogen-bond donors (Lipinski definition) is 0. The highest BCUT2D eigenvalue weighted by Gasteiger charge is 2.22. The fraction of sp³-hybridized carbons (Fsp3) is 0.500. The number of carbonyl (C=O) groups excluding carboxylic acids is 1. The van der Waals surface area contributed by atoms with Gasteiger partial charge in [-0.2, -0.15) is 5.26 Å². The zero-order valence-electron chi connectivity index (χ0n) is 11.6. The first kappa shape index (κ1) is 15.2. The topological polar surface area (TPSA) is 44.1 Å². The fourth-order valence-corrected chi connectivity index (χ4v) is 2.13. The van der Waals surface area contributed by atoms with Crippen molar-refractivity contribution in [3.8, 4) is 6.07 Å². The van der Waals surface area contributed by atoms with Crippen LogP contribution in [0.5, 0.6) is 0 Å². The van der Waals surface area contributed by atoms with Crippen LogP contribution in [0.15, 0.2) is 36.5 Å². The summed E-state index contributed by atoms with van der Waals surface area (Å²) in [6, 6.07) is 2.21. The number of allylic oxidation sites excluding steroid dienone is 4. The van der Waals surface area contributed by atoms with Gasteiger partial charge in [-0.1, -0.05) is 29.9 Å². The minimum atomic E-state index is -0.103. The average Bonchev–Trinajstić information content (AvgIpc) is 2.57. The fourth-order valence-electron chi connectivity index (χ4n) is 2.13. The van der Waals surface area contributed by atoms with E-state index in [2.05, 4.69) is 12.6 Å². The summed E-state index contributed by atoms with van der Waals surface area (Å²) < 4.78 is 0. The van der Waals surface area contributed by atoms with Crippen molar-refractivity contribution in [1.82, 2.24) is 4.90 Å². The second-order valence-corrected chi connectivity index (χ2v) is 4.95. The molecule has 3 nitrogen and oxygen atoms in total. The molecule has 1 heterocycles. The van der Waals surface area contributed by atoms with Crippen molar-refractivity contribution in [2.45, 2.75) is 32.6 Å². The number of nitrogens with zero attached hydrogens (tertiary/aromatic N) is 2. The molecule has 1 unspecified atom stereocenters. The standard InChI is InChI=1S/C16H22N2O/c1-3-4-5-6-8-14(2)13-18-10-7-9-15(12-17)11-16(18)19/h3,5-6,8,15H,1,4,7,9-11,13H2,2H3/b6-5-,14-8+. The van der Waals surface area contributed by atoms with Crippen molar-refractivity contribution in [2.24, 2.45) is 5.92 Å². The van der Waals surface area contributed by atoms with E-state index in [1.165, 1.54) is 0 Å². The summed E-state index contributed by atoms with van der Waals surface area (Å²) in [5, 5.41) is 8.92. The van der Waals surface area contributed by atoms with Crippen molar-refractivity contribution < 1.29 is 4.79 Å². The van der Waals surface area contributed by atoms with Crippen molar-refractivity contribution in [2.75, 3.05) is 13.1 Å². The minimum absolute atomic E-state index is 0.103. The number of nitriles is 1. The molecule has 1 amide bonds. The van der Waals surface area contributed by atoms with Crippen LogP contribution in [0.3, 0.4) is 0 Å². The molecular weight excluding hydrogens is 236 g/mol. The van der Waals surface area contributed by atoms with Crippen molar-refractivity contribution in [3.05, 3.63) is 36.5 Å². The van der Waals surface area contributed by atoms with Gasteiger partial charge in [0.1, 0.15) is 0 Å². The maximum atomic E-state index is 12.0. The number of hydrogen-bond acceptors (Lipinski definition) is 2. The average molecular weight is 258 g/mol. The van der Waals surface area contributed by atoms with E-state index in [-0.39, 0.29) is 11.8 Å². The van der Waals surface area contributed by atoms with Gasteiger partial charge in [-0.3, -0.25) is 4.79 Å². The molecule has 1 aliphatic heterocycles. The monoisotopic (exact) mass is 258 g/mol. The van der Waals surface area contributed by atoms with Gasteiger partial charge in [0.2, 0.25) is 5.91 Å². The zero-order valence-corrected chi connectivity index (χ0v) is 11.6. The maximum Gasteiger partial charge on any atom is 0.224 e. The van der Waals surface area contributed by atoms with Gasteiger partial charge in [-0.05, 0) is 26.2 Å². The summed E-state index contributed by atoms with van der Waals surface area (Å²) in [4.78, 5) is 13.9. The number of rotatable bonds is 5. The normalized spacial score (nSPS) is 21.3. The van der Waals surface area contributed by atoms with E-state index in [9.17, 15) is 4.79 Å². The van der Waals surface area contributed by atoms with Crippen LogP contribution in [0, 0.1) is 17.2 Å². The van der Waals surface area contributed by atoms with Gasteiger partial charge in [0.25, 0.3) is 0 Å². The van der Waals surface area contributed by atoms with E-state index < -0.39 is 0 Å². The maximum absolute atomic E-state index is 12.0. The van der Waals surface area contributed by atoms with E-state index in [4.69, 9.17) is 5.26 Å². The largest absolute Gasteiger partial charge is 0.339 e. The van der Waals surface area contributed by atoms with Crippen molar-refractivity contribution >= 4 is 5.91 Å². The first-order valence-electron chi connectivity index (χ1n) is 6.78. The number of amides is 1. The van der Waals surface area contributed by atoms with Gasteiger partial charge in [-0.25, -0.2) is 0 Å². The molecule has 0 aromatic rings. The summed E-state index contributed by atoms with van der Waals surface area (Å²) in [5.41, 5.74) is 1.16. The molecule has 0 spiro atoms. The van der Waals surface area contributed by atoms with E-state index >= 15 is 0 Å². The van der Waals surface area contributed by atoms with Crippen LogP contribution in [0.25, 0.3) is 0 Å². The third kappa shape index (κ3) is 5.56. The Morgan fingerprint density at radius 3 is 3.11 bits per heavy atom. The Bertz CT molecular complexity index is 415. The molecule has 0 aliphatic carbocycles. The summed E-state index contributed by atoms with van der Waals surface area (Å²) in [5.74, 6) is 0.00106. The highest BCUT2D eigenvalue weighted by atomic mass is 16.2. The predicted molar refractivity (Wildman–Crippen MR) is 77.2 cm³/mol. The Hall–Kier alpha value is -1.82. The van der Waals surface area contributed by atoms with Crippen LogP contribution in [0.2, 0.25) is 0 Å². The molecule has 1 saturated heterocycles. The van der Waals surface area contributed by atoms with E-state index in [0.717, 1.165) is 31.4 Å². The molecule has 0 aromatic heterocycles. The lowest BCUT2D eigenvalue weighted by Crippen LogP contribution is -2.32. The Labute approximate surface area is 115 Å². The Balaban J connectivity index is 2.53. The summed E-state index contributed by atoms with van der Waals surface area (Å²) in [7, 11) is 0. The zero-order chi connectivity index (χ0) is 14.1. The third-order valence-electron chi connectivity index (χ3n) is 3.20. The lowest BCUT2D eigenvalue weighted by molar-refractivity contribution is -0.130. The van der Waals surface area contributed by atoms with Crippen LogP contribution < -0.4 is 0 Å².